The van der Waals surface area contributed by atoms with Gasteiger partial charge in [-0.05, 0) is 55.0 Å². The van der Waals surface area contributed by atoms with Crippen molar-refractivity contribution in [1.82, 2.24) is 29.7 Å². The van der Waals surface area contributed by atoms with Crippen LogP contribution in [0.15, 0.2) is 65.0 Å². The summed E-state index contributed by atoms with van der Waals surface area (Å²) in [4.78, 5) is 55.0. The molecule has 252 valence electrons. The Morgan fingerprint density at radius 3 is 1.71 bits per heavy atom. The first-order valence-electron chi connectivity index (χ1n) is 15.8. The summed E-state index contributed by atoms with van der Waals surface area (Å²) in [5.41, 5.74) is 4.68. The number of likely N-dealkylation sites (tertiary alicyclic amines) is 2. The van der Waals surface area contributed by atoms with Gasteiger partial charge in [0.2, 0.25) is 23.3 Å². The molecule has 11 nitrogen and oxygen atoms in total. The number of halogens is 1. The second-order valence-corrected chi connectivity index (χ2v) is 13.9. The summed E-state index contributed by atoms with van der Waals surface area (Å²) < 4.78 is 12.8. The van der Waals surface area contributed by atoms with Crippen molar-refractivity contribution in [2.75, 3.05) is 36.8 Å². The molecule has 0 spiro atoms. The van der Waals surface area contributed by atoms with Gasteiger partial charge >= 0.3 is 0 Å². The average Bonchev–Trinajstić information content (AvgIpc) is 3.69. The number of aromatic amines is 1. The van der Waals surface area contributed by atoms with Crippen LogP contribution in [0.25, 0.3) is 12.2 Å². The zero-order chi connectivity index (χ0) is 33.9. The molecule has 0 radical (unpaired) electrons. The molecule has 2 fully saturated rings. The van der Waals surface area contributed by atoms with Gasteiger partial charge in [0.1, 0.15) is 0 Å². The Hall–Kier alpha value is -4.37. The number of aromatic nitrogens is 4. The Morgan fingerprint density at radius 2 is 1.27 bits per heavy atom. The second-order valence-electron chi connectivity index (χ2n) is 11.7. The number of hydrogen-bond acceptors (Lipinski definition) is 10. The molecular weight excluding hydrogens is 652 g/mol. The van der Waals surface area contributed by atoms with Crippen LogP contribution in [0.3, 0.4) is 0 Å². The number of carbonyl (C=O) groups is 2. The molecule has 2 amide bonds. The summed E-state index contributed by atoms with van der Waals surface area (Å²) in [6.07, 6.45) is 15.3. The maximum Gasteiger partial charge on any atom is 0.247 e. The monoisotopic (exact) mass is 690 g/mol. The van der Waals surface area contributed by atoms with E-state index in [1.54, 1.807) is 24.5 Å². The fraction of sp³-hybridized carbons (Fsp3) is 0.353. The van der Waals surface area contributed by atoms with E-state index in [0.29, 0.717) is 10.3 Å². The van der Waals surface area contributed by atoms with Gasteiger partial charge in [-0.3, -0.25) is 24.2 Å². The van der Waals surface area contributed by atoms with E-state index < -0.39 is 5.95 Å². The number of nitrogens with zero attached hydrogens (tertiary/aromatic N) is 5. The third-order valence-corrected chi connectivity index (χ3v) is 9.52. The number of anilines is 2. The van der Waals surface area contributed by atoms with E-state index in [2.05, 4.69) is 52.5 Å². The molecular formula is C34H39FN8O3S2. The molecule has 0 saturated carbocycles. The maximum atomic E-state index is 12.8. The molecule has 2 saturated heterocycles. The van der Waals surface area contributed by atoms with E-state index in [0.717, 1.165) is 85.8 Å². The summed E-state index contributed by atoms with van der Waals surface area (Å²) in [7, 11) is 0. The summed E-state index contributed by atoms with van der Waals surface area (Å²) in [6, 6.07) is 6.54. The van der Waals surface area contributed by atoms with E-state index in [1.165, 1.54) is 53.7 Å². The van der Waals surface area contributed by atoms with E-state index in [-0.39, 0.29) is 17.4 Å². The summed E-state index contributed by atoms with van der Waals surface area (Å²) in [5, 5.41) is 6.74. The minimum absolute atomic E-state index is 0.0739. The van der Waals surface area contributed by atoms with Crippen LogP contribution in [0.2, 0.25) is 0 Å². The molecule has 6 heterocycles. The maximum absolute atomic E-state index is 12.8. The molecule has 6 rings (SSSR count). The van der Waals surface area contributed by atoms with Crippen LogP contribution >= 0.6 is 22.7 Å². The lowest BCUT2D eigenvalue weighted by Crippen LogP contribution is -2.29. The second kappa shape index (κ2) is 17.2. The van der Waals surface area contributed by atoms with Crippen molar-refractivity contribution < 1.29 is 14.0 Å². The largest absolute Gasteiger partial charge is 0.329 e. The lowest BCUT2D eigenvalue weighted by Gasteiger charge is -2.27. The van der Waals surface area contributed by atoms with E-state index in [4.69, 9.17) is 0 Å². The van der Waals surface area contributed by atoms with Gasteiger partial charge < -0.3 is 15.6 Å². The average molecular weight is 691 g/mol. The fourth-order valence-corrected chi connectivity index (χ4v) is 7.16. The molecule has 0 aromatic carbocycles. The van der Waals surface area contributed by atoms with Gasteiger partial charge in [-0.25, -0.2) is 15.0 Å². The smallest absolute Gasteiger partial charge is 0.247 e. The molecule has 3 N–H and O–H groups in total. The van der Waals surface area contributed by atoms with Crippen molar-refractivity contribution in [3.63, 3.8) is 0 Å². The quantitative estimate of drug-likeness (QED) is 0.198. The molecule has 4 aromatic rings. The Morgan fingerprint density at radius 1 is 0.771 bits per heavy atom. The number of hydrogen-bond donors (Lipinski definition) is 3. The van der Waals surface area contributed by atoms with Gasteiger partial charge in [0.05, 0.1) is 0 Å². The Kier molecular flexibility index (Phi) is 12.5. The third-order valence-electron chi connectivity index (χ3n) is 7.73. The van der Waals surface area contributed by atoms with Crippen LogP contribution in [0.5, 0.6) is 0 Å². The summed E-state index contributed by atoms with van der Waals surface area (Å²) in [6.45, 7) is 8.65. The highest BCUT2D eigenvalue weighted by Gasteiger charge is 2.17. The molecule has 48 heavy (non-hydrogen) atoms. The number of amides is 2. The number of carbonyl (C=O) groups excluding carboxylic acids is 2. The Labute approximate surface area is 286 Å². The number of nitrogens with one attached hydrogen (secondary N) is 3. The zero-order valence-corrected chi connectivity index (χ0v) is 28.6. The van der Waals surface area contributed by atoms with Crippen molar-refractivity contribution >= 4 is 56.9 Å². The molecule has 14 heteroatoms. The molecule has 4 aromatic heterocycles. The predicted molar refractivity (Wildman–Crippen MR) is 189 cm³/mol. The first-order valence-corrected chi connectivity index (χ1v) is 17.4. The first kappa shape index (κ1) is 35.0. The van der Waals surface area contributed by atoms with E-state index in [9.17, 15) is 18.8 Å². The fourth-order valence-electron chi connectivity index (χ4n) is 5.36. The van der Waals surface area contributed by atoms with E-state index in [1.807, 2.05) is 18.5 Å². The van der Waals surface area contributed by atoms with Crippen LogP contribution in [-0.2, 0) is 22.7 Å². The number of piperidine rings is 2. The van der Waals surface area contributed by atoms with Crippen molar-refractivity contribution in [1.29, 1.82) is 0 Å². The minimum atomic E-state index is -0.449. The molecule has 0 aliphatic carbocycles. The molecule has 0 bridgehead atoms. The number of rotatable bonds is 8. The van der Waals surface area contributed by atoms with Crippen LogP contribution in [-0.4, -0.2) is 67.7 Å². The SMILES string of the molecule is CC(=O)Nc1ncc(CN2CCC(=Cc3ccc(=O)[nH]c3)CC2)s1.CC(=O)Nc1ncc(CN2CCC(=Cc3ccc(F)nc3)CC2)s1. The summed E-state index contributed by atoms with van der Waals surface area (Å²) in [5.74, 6) is -0.639. The first-order chi connectivity index (χ1) is 23.2. The van der Waals surface area contributed by atoms with Crippen LogP contribution in [0.4, 0.5) is 14.7 Å². The Bertz CT molecular complexity index is 1770. The highest BCUT2D eigenvalue weighted by Crippen LogP contribution is 2.25. The van der Waals surface area contributed by atoms with E-state index >= 15 is 0 Å². The molecule has 0 atom stereocenters. The van der Waals surface area contributed by atoms with Crippen molar-refractivity contribution in [2.45, 2.75) is 52.6 Å². The number of H-pyrrole nitrogens is 1. The van der Waals surface area contributed by atoms with Crippen LogP contribution in [0, 0.1) is 5.95 Å². The highest BCUT2D eigenvalue weighted by atomic mass is 32.1. The number of pyridine rings is 2. The van der Waals surface area contributed by atoms with Gasteiger partial charge in [0, 0.05) is 93.7 Å². The molecule has 2 aliphatic rings. The van der Waals surface area contributed by atoms with Crippen molar-refractivity contribution in [3.8, 4) is 0 Å². The van der Waals surface area contributed by atoms with Gasteiger partial charge in [-0.2, -0.15) is 4.39 Å². The van der Waals surface area contributed by atoms with Crippen molar-refractivity contribution in [2.24, 2.45) is 0 Å². The van der Waals surface area contributed by atoms with Gasteiger partial charge in [0.25, 0.3) is 0 Å². The van der Waals surface area contributed by atoms with Gasteiger partial charge in [-0.15, -0.1) is 22.7 Å². The van der Waals surface area contributed by atoms with Gasteiger partial charge in [-0.1, -0.05) is 23.3 Å². The van der Waals surface area contributed by atoms with Crippen molar-refractivity contribution in [3.05, 3.63) is 97.4 Å². The Balaban J connectivity index is 0.000000188. The topological polar surface area (TPSA) is 136 Å². The molecule has 0 unspecified atom stereocenters. The normalized spacial score (nSPS) is 15.3. The lowest BCUT2D eigenvalue weighted by atomic mass is 10.0. The minimum Gasteiger partial charge on any atom is -0.329 e. The standard InChI is InChI=1S/C17H19FN4OS.C17H20N4O2S/c1-12(23)21-17-20-10-15(24-17)11-22-6-4-13(5-7-22)8-14-2-3-16(18)19-9-14;1-12(22)20-17-19-10-15(24-17)11-21-6-4-13(5-7-21)8-14-2-3-16(23)18-9-14/h2-3,8-10H,4-7,11H2,1H3,(H,20,21,23);2-3,8-10H,4-7,11H2,1H3,(H,18,23)(H,19,20,22). The molecule has 2 aliphatic heterocycles. The zero-order valence-electron chi connectivity index (χ0n) is 27.0. The van der Waals surface area contributed by atoms with Crippen LogP contribution in [0.1, 0.15) is 60.4 Å². The highest BCUT2D eigenvalue weighted by molar-refractivity contribution is 7.16. The van der Waals surface area contributed by atoms with Crippen LogP contribution < -0.4 is 16.2 Å². The third kappa shape index (κ3) is 11.4. The number of thiazole rings is 2. The lowest BCUT2D eigenvalue weighted by molar-refractivity contribution is -0.115. The predicted octanol–water partition coefficient (Wildman–Crippen LogP) is 5.78. The van der Waals surface area contributed by atoms with Gasteiger partial charge in [0.15, 0.2) is 10.3 Å². The summed E-state index contributed by atoms with van der Waals surface area (Å²) >= 11 is 3.04.